The van der Waals surface area contributed by atoms with Crippen molar-refractivity contribution in [3.8, 4) is 0 Å². The predicted octanol–water partition coefficient (Wildman–Crippen LogP) is 5.18. The minimum absolute atomic E-state index is 0. The molecule has 0 spiro atoms. The second-order valence-corrected chi connectivity index (χ2v) is 8.97. The summed E-state index contributed by atoms with van der Waals surface area (Å²) in [5.41, 5.74) is 2.10. The van der Waals surface area contributed by atoms with Crippen molar-refractivity contribution in [1.82, 2.24) is 15.2 Å². The molecule has 4 rings (SSSR count). The molecule has 1 N–H and O–H groups in total. The number of nitrogens with one attached hydrogen (secondary N) is 1. The fourth-order valence-electron chi connectivity index (χ4n) is 3.96. The van der Waals surface area contributed by atoms with E-state index in [1.807, 2.05) is 47.4 Å². The molecule has 186 valence electrons. The summed E-state index contributed by atoms with van der Waals surface area (Å²) in [6.07, 6.45) is 1.98. The second-order valence-electron chi connectivity index (χ2n) is 8.15. The van der Waals surface area contributed by atoms with Gasteiger partial charge in [0, 0.05) is 25.8 Å². The molecular formula is C26H29Cl3N4O2. The van der Waals surface area contributed by atoms with Gasteiger partial charge < -0.3 is 14.5 Å². The van der Waals surface area contributed by atoms with Gasteiger partial charge in [-0.1, -0.05) is 65.7 Å². The Bertz CT molecular complexity index is 1070. The number of carbonyl (C=O) groups excluding carboxylic acids is 1. The molecule has 1 unspecified atom stereocenters. The molecule has 1 aliphatic heterocycles. The van der Waals surface area contributed by atoms with Crippen LogP contribution in [0, 0.1) is 0 Å². The van der Waals surface area contributed by atoms with Crippen molar-refractivity contribution in [2.24, 2.45) is 0 Å². The number of halogens is 3. The number of hydrogen-bond donors (Lipinski definition) is 1. The third-order valence-electron chi connectivity index (χ3n) is 5.77. The molecule has 35 heavy (non-hydrogen) atoms. The number of anilines is 1. The predicted molar refractivity (Wildman–Crippen MR) is 143 cm³/mol. The molecule has 1 aliphatic rings. The normalized spacial score (nSPS) is 15.5. The van der Waals surface area contributed by atoms with Crippen molar-refractivity contribution >= 4 is 47.3 Å². The Morgan fingerprint density at radius 1 is 1.00 bits per heavy atom. The first-order chi connectivity index (χ1) is 16.6. The molecule has 0 radical (unpaired) electrons. The Balaban J connectivity index is 0.00000342. The molecule has 0 aliphatic carbocycles. The smallest absolute Gasteiger partial charge is 0.226 e. The van der Waals surface area contributed by atoms with E-state index >= 15 is 0 Å². The quantitative estimate of drug-likeness (QED) is 0.383. The lowest BCUT2D eigenvalue weighted by molar-refractivity contribution is -0.136. The average Bonchev–Trinajstić information content (AvgIpc) is 2.88. The number of rotatable bonds is 9. The number of hydrogen-bond acceptors (Lipinski definition) is 5. The van der Waals surface area contributed by atoms with Crippen LogP contribution in [0.15, 0.2) is 72.9 Å². The summed E-state index contributed by atoms with van der Waals surface area (Å²) in [5.74, 6) is 0.992. The average molecular weight is 536 g/mol. The molecule has 1 aromatic heterocycles. The van der Waals surface area contributed by atoms with E-state index in [1.165, 1.54) is 5.56 Å². The van der Waals surface area contributed by atoms with E-state index in [0.717, 1.165) is 17.9 Å². The van der Waals surface area contributed by atoms with Gasteiger partial charge in [0.1, 0.15) is 12.0 Å². The first-order valence-corrected chi connectivity index (χ1v) is 12.1. The highest BCUT2D eigenvalue weighted by Crippen LogP contribution is 2.23. The minimum Gasteiger partial charge on any atom is -0.376 e. The molecule has 1 saturated heterocycles. The van der Waals surface area contributed by atoms with Crippen molar-refractivity contribution in [3.63, 3.8) is 0 Å². The molecule has 6 nitrogen and oxygen atoms in total. The van der Waals surface area contributed by atoms with Gasteiger partial charge in [0.05, 0.1) is 36.2 Å². The topological polar surface area (TPSA) is 57.7 Å². The fourth-order valence-corrected chi connectivity index (χ4v) is 4.28. The summed E-state index contributed by atoms with van der Waals surface area (Å²) in [6.45, 7) is 3.42. The Morgan fingerprint density at radius 2 is 1.80 bits per heavy atom. The van der Waals surface area contributed by atoms with Crippen molar-refractivity contribution in [1.29, 1.82) is 0 Å². The van der Waals surface area contributed by atoms with Crippen molar-refractivity contribution in [2.75, 3.05) is 31.1 Å². The number of pyridine rings is 1. The van der Waals surface area contributed by atoms with E-state index < -0.39 is 0 Å². The highest BCUT2D eigenvalue weighted by Gasteiger charge is 2.30. The zero-order valence-corrected chi connectivity index (χ0v) is 21.6. The third kappa shape index (κ3) is 7.82. The largest absolute Gasteiger partial charge is 0.376 e. The van der Waals surface area contributed by atoms with E-state index in [4.69, 9.17) is 27.9 Å². The highest BCUT2D eigenvalue weighted by molar-refractivity contribution is 6.42. The van der Waals surface area contributed by atoms with E-state index in [-0.39, 0.29) is 24.5 Å². The van der Waals surface area contributed by atoms with E-state index in [1.54, 1.807) is 18.3 Å². The monoisotopic (exact) mass is 534 g/mol. The molecular weight excluding hydrogens is 507 g/mol. The van der Waals surface area contributed by atoms with Gasteiger partial charge in [-0.3, -0.25) is 10.1 Å². The van der Waals surface area contributed by atoms with Crippen LogP contribution in [-0.4, -0.2) is 48.2 Å². The second kappa shape index (κ2) is 13.7. The van der Waals surface area contributed by atoms with Gasteiger partial charge in [-0.15, -0.1) is 12.4 Å². The molecule has 9 heteroatoms. The van der Waals surface area contributed by atoms with Crippen LogP contribution in [0.1, 0.15) is 17.5 Å². The zero-order valence-electron chi connectivity index (χ0n) is 19.3. The van der Waals surface area contributed by atoms with E-state index in [9.17, 15) is 4.79 Å². The first kappa shape index (κ1) is 27.2. The lowest BCUT2D eigenvalue weighted by Crippen LogP contribution is -2.61. The molecule has 2 aromatic carbocycles. The minimum atomic E-state index is -0.126. The van der Waals surface area contributed by atoms with Gasteiger partial charge in [-0.25, -0.2) is 4.98 Å². The molecule has 3 aromatic rings. The van der Waals surface area contributed by atoms with Gasteiger partial charge in [0.2, 0.25) is 5.91 Å². The summed E-state index contributed by atoms with van der Waals surface area (Å²) in [7, 11) is 0. The van der Waals surface area contributed by atoms with Crippen molar-refractivity contribution < 1.29 is 9.53 Å². The molecule has 1 fully saturated rings. The number of carbonyl (C=O) groups is 1. The maximum atomic E-state index is 13.1. The summed E-state index contributed by atoms with van der Waals surface area (Å²) in [4.78, 5) is 21.7. The van der Waals surface area contributed by atoms with Crippen LogP contribution in [0.4, 0.5) is 5.82 Å². The summed E-state index contributed by atoms with van der Waals surface area (Å²) in [6, 6.07) is 21.5. The summed E-state index contributed by atoms with van der Waals surface area (Å²) in [5, 5.41) is 4.57. The highest BCUT2D eigenvalue weighted by atomic mass is 35.5. The van der Waals surface area contributed by atoms with Crippen molar-refractivity contribution in [3.05, 3.63) is 94.1 Å². The SMILES string of the molecule is Cl.O=C(CCOCc1ccc(Cl)c(Cl)c1)N1CCN(c2ccccn2)CC1NCc1ccccc1. The number of ether oxygens (including phenoxy) is 1. The maximum Gasteiger partial charge on any atom is 0.226 e. The lowest BCUT2D eigenvalue weighted by atomic mass is 10.2. The Morgan fingerprint density at radius 3 is 2.54 bits per heavy atom. The van der Waals surface area contributed by atoms with Crippen LogP contribution in [0.3, 0.4) is 0 Å². The fraction of sp³-hybridized carbons (Fsp3) is 0.308. The summed E-state index contributed by atoms with van der Waals surface area (Å²) >= 11 is 12.0. The molecule has 0 bridgehead atoms. The zero-order chi connectivity index (χ0) is 23.8. The van der Waals surface area contributed by atoms with Gasteiger partial charge in [0.15, 0.2) is 0 Å². The molecule has 1 amide bonds. The first-order valence-electron chi connectivity index (χ1n) is 11.3. The summed E-state index contributed by atoms with van der Waals surface area (Å²) < 4.78 is 5.74. The molecule has 1 atom stereocenters. The number of aromatic nitrogens is 1. The van der Waals surface area contributed by atoms with E-state index in [2.05, 4.69) is 27.3 Å². The van der Waals surface area contributed by atoms with Gasteiger partial charge in [-0.05, 0) is 35.4 Å². The van der Waals surface area contributed by atoms with Crippen LogP contribution in [-0.2, 0) is 22.7 Å². The van der Waals surface area contributed by atoms with Crippen LogP contribution in [0.25, 0.3) is 0 Å². The van der Waals surface area contributed by atoms with E-state index in [0.29, 0.717) is 49.3 Å². The Kier molecular flexibility index (Phi) is 10.6. The standard InChI is InChI=1S/C26H28Cl2N4O2.ClH/c27-22-10-9-21(16-23(22)28)19-34-15-11-26(33)32-14-13-31(24-8-4-5-12-29-24)18-25(32)30-17-20-6-2-1-3-7-20;/h1-10,12,16,25,30H,11,13-15,17-19H2;1H. The van der Waals surface area contributed by atoms with Crippen LogP contribution in [0.2, 0.25) is 10.0 Å². The van der Waals surface area contributed by atoms with Crippen molar-refractivity contribution in [2.45, 2.75) is 25.7 Å². The molecule has 0 saturated carbocycles. The number of amides is 1. The van der Waals surface area contributed by atoms with Crippen LogP contribution >= 0.6 is 35.6 Å². The number of benzene rings is 2. The Hall–Kier alpha value is -2.35. The maximum absolute atomic E-state index is 13.1. The van der Waals surface area contributed by atoms with Gasteiger partial charge in [-0.2, -0.15) is 0 Å². The molecule has 2 heterocycles. The Labute approximate surface area is 222 Å². The number of piperazine rings is 1. The van der Waals surface area contributed by atoms with Crippen LogP contribution in [0.5, 0.6) is 0 Å². The van der Waals surface area contributed by atoms with Gasteiger partial charge in [0.25, 0.3) is 0 Å². The van der Waals surface area contributed by atoms with Crippen LogP contribution < -0.4 is 10.2 Å². The third-order valence-corrected chi connectivity index (χ3v) is 6.51. The number of nitrogens with zero attached hydrogens (tertiary/aromatic N) is 3. The lowest BCUT2D eigenvalue weighted by Gasteiger charge is -2.42. The van der Waals surface area contributed by atoms with Gasteiger partial charge >= 0.3 is 0 Å².